The molecule has 0 bridgehead atoms. The van der Waals surface area contributed by atoms with Crippen molar-refractivity contribution in [3.63, 3.8) is 0 Å². The van der Waals surface area contributed by atoms with Gasteiger partial charge in [0.05, 0.1) is 6.42 Å². The predicted octanol–water partition coefficient (Wildman–Crippen LogP) is 1.38. The van der Waals surface area contributed by atoms with Crippen molar-refractivity contribution in [2.75, 3.05) is 0 Å². The minimum Gasteiger partial charge on any atom is -0.323 e. The average molecular weight is 222 g/mol. The van der Waals surface area contributed by atoms with Gasteiger partial charge < -0.3 is 5.84 Å². The highest BCUT2D eigenvalue weighted by Gasteiger charge is 2.44. The fourth-order valence-corrected chi connectivity index (χ4v) is 0.471. The molecule has 0 aromatic carbocycles. The Morgan fingerprint density at radius 1 is 1.07 bits per heavy atom. The summed E-state index contributed by atoms with van der Waals surface area (Å²) in [5, 5.41) is 2.08. The van der Waals surface area contributed by atoms with E-state index in [0.717, 1.165) is 0 Å². The smallest absolute Gasteiger partial charge is 0.323 e. The summed E-state index contributed by atoms with van der Waals surface area (Å²) in [6.07, 6.45) is -12.3. The molecule has 0 spiro atoms. The molecule has 0 atom stereocenters. The number of carbonyl (C=O) groups excluding carboxylic acids is 1. The van der Waals surface area contributed by atoms with Gasteiger partial charge >= 0.3 is 12.4 Å². The van der Waals surface area contributed by atoms with Gasteiger partial charge in [0.15, 0.2) is 0 Å². The van der Waals surface area contributed by atoms with Crippen LogP contribution in [0, 0.1) is 0 Å². The minimum atomic E-state index is -5.32. The Bertz CT molecular complexity index is 252. The molecule has 0 unspecified atom stereocenters. The van der Waals surface area contributed by atoms with Crippen LogP contribution in [0.25, 0.3) is 0 Å². The lowest BCUT2D eigenvalue weighted by Crippen LogP contribution is -2.32. The molecule has 3 nitrogen and oxygen atoms in total. The lowest BCUT2D eigenvalue weighted by Gasteiger charge is -2.09. The van der Waals surface area contributed by atoms with E-state index in [1.54, 1.807) is 0 Å². The molecule has 0 amide bonds. The largest absolute Gasteiger partial charge is 0.450 e. The summed E-state index contributed by atoms with van der Waals surface area (Å²) in [5.41, 5.74) is -1.96. The van der Waals surface area contributed by atoms with Gasteiger partial charge in [-0.2, -0.15) is 31.4 Å². The monoisotopic (exact) mass is 222 g/mol. The van der Waals surface area contributed by atoms with Gasteiger partial charge in [0.2, 0.25) is 5.78 Å². The first-order chi connectivity index (χ1) is 6.09. The molecule has 0 aliphatic carbocycles. The van der Waals surface area contributed by atoms with E-state index in [1.165, 1.54) is 0 Å². The normalized spacial score (nSPS) is 14.3. The highest BCUT2D eigenvalue weighted by molar-refractivity contribution is 6.06. The second-order valence-electron chi connectivity index (χ2n) is 2.17. The molecule has 0 rings (SSSR count). The SMILES string of the molecule is N/N=C(/CC(=O)C(F)(F)F)C(F)(F)F. The summed E-state index contributed by atoms with van der Waals surface area (Å²) in [6.45, 7) is 0. The Kier molecular flexibility index (Phi) is 3.49. The summed E-state index contributed by atoms with van der Waals surface area (Å²) < 4.78 is 69.8. The fourth-order valence-electron chi connectivity index (χ4n) is 0.471. The number of ketones is 1. The first kappa shape index (κ1) is 12.7. The maximum Gasteiger partial charge on any atom is 0.450 e. The minimum absolute atomic E-state index is 1.90. The number of nitrogens with two attached hydrogens (primary N) is 1. The van der Waals surface area contributed by atoms with Crippen LogP contribution in [0.4, 0.5) is 26.3 Å². The van der Waals surface area contributed by atoms with Crippen molar-refractivity contribution < 1.29 is 31.1 Å². The second-order valence-corrected chi connectivity index (χ2v) is 2.17. The first-order valence-electron chi connectivity index (χ1n) is 3.03. The zero-order valence-electron chi connectivity index (χ0n) is 6.41. The third kappa shape index (κ3) is 3.62. The van der Waals surface area contributed by atoms with E-state index in [2.05, 4.69) is 10.9 Å². The number of alkyl halides is 6. The molecule has 0 fully saturated rings. The molecule has 0 saturated carbocycles. The van der Waals surface area contributed by atoms with E-state index < -0.39 is 30.3 Å². The van der Waals surface area contributed by atoms with Crippen LogP contribution in [0.1, 0.15) is 6.42 Å². The van der Waals surface area contributed by atoms with Crippen LogP contribution in [0.2, 0.25) is 0 Å². The van der Waals surface area contributed by atoms with Crippen LogP contribution < -0.4 is 5.84 Å². The van der Waals surface area contributed by atoms with Crippen molar-refractivity contribution in [2.24, 2.45) is 10.9 Å². The standard InChI is InChI=1S/C5H4F6N2O/c6-4(7,8)2(13-12)1-3(14)5(9,10)11/h1,12H2/b13-2-. The van der Waals surface area contributed by atoms with Crippen LogP contribution in [-0.2, 0) is 4.79 Å². The van der Waals surface area contributed by atoms with E-state index in [-0.39, 0.29) is 0 Å². The molecular weight excluding hydrogens is 218 g/mol. The summed E-state index contributed by atoms with van der Waals surface area (Å²) >= 11 is 0. The van der Waals surface area contributed by atoms with Crippen molar-refractivity contribution in [1.29, 1.82) is 0 Å². The summed E-state index contributed by atoms with van der Waals surface area (Å²) in [4.78, 5) is 10.1. The van der Waals surface area contributed by atoms with Crippen LogP contribution in [0.15, 0.2) is 5.10 Å². The maximum atomic E-state index is 11.7. The zero-order valence-corrected chi connectivity index (χ0v) is 6.41. The summed E-state index contributed by atoms with van der Waals surface area (Å²) in [7, 11) is 0. The second kappa shape index (κ2) is 3.84. The summed E-state index contributed by atoms with van der Waals surface area (Å²) in [6, 6.07) is 0. The van der Waals surface area contributed by atoms with Crippen molar-refractivity contribution in [3.8, 4) is 0 Å². The molecule has 0 aromatic rings. The van der Waals surface area contributed by atoms with E-state index in [0.29, 0.717) is 0 Å². The first-order valence-corrected chi connectivity index (χ1v) is 3.03. The van der Waals surface area contributed by atoms with Gasteiger partial charge in [-0.3, -0.25) is 4.79 Å². The molecule has 0 heterocycles. The van der Waals surface area contributed by atoms with Crippen molar-refractivity contribution in [1.82, 2.24) is 0 Å². The fraction of sp³-hybridized carbons (Fsp3) is 0.600. The van der Waals surface area contributed by atoms with Gasteiger partial charge in [0.25, 0.3) is 0 Å². The van der Waals surface area contributed by atoms with Crippen molar-refractivity contribution in [2.45, 2.75) is 18.8 Å². The Morgan fingerprint density at radius 2 is 1.50 bits per heavy atom. The predicted molar refractivity (Wildman–Crippen MR) is 33.4 cm³/mol. The lowest BCUT2D eigenvalue weighted by atomic mass is 10.2. The number of rotatable bonds is 2. The van der Waals surface area contributed by atoms with E-state index in [1.807, 2.05) is 0 Å². The number of hydrazone groups is 1. The Labute approximate surface area is 73.6 Å². The molecule has 0 aliphatic heterocycles. The van der Waals surface area contributed by atoms with Crippen LogP contribution in [0.5, 0.6) is 0 Å². The molecule has 9 heteroatoms. The van der Waals surface area contributed by atoms with E-state index in [4.69, 9.17) is 0 Å². The Hall–Kier alpha value is -1.28. The van der Waals surface area contributed by atoms with Gasteiger partial charge in [0.1, 0.15) is 5.71 Å². The Balaban J connectivity index is 4.61. The highest BCUT2D eigenvalue weighted by atomic mass is 19.4. The maximum absolute atomic E-state index is 11.7. The quantitative estimate of drug-likeness (QED) is 0.332. The highest BCUT2D eigenvalue weighted by Crippen LogP contribution is 2.24. The lowest BCUT2D eigenvalue weighted by molar-refractivity contribution is -0.170. The number of carbonyl (C=O) groups is 1. The van der Waals surface area contributed by atoms with Gasteiger partial charge in [0, 0.05) is 0 Å². The Morgan fingerprint density at radius 3 is 1.71 bits per heavy atom. The molecular formula is C5H4F6N2O. The van der Waals surface area contributed by atoms with Gasteiger partial charge in [-0.1, -0.05) is 0 Å². The topological polar surface area (TPSA) is 55.4 Å². The molecule has 14 heavy (non-hydrogen) atoms. The molecule has 0 saturated heterocycles. The molecule has 0 radical (unpaired) electrons. The van der Waals surface area contributed by atoms with E-state index in [9.17, 15) is 31.1 Å². The van der Waals surface area contributed by atoms with E-state index >= 15 is 0 Å². The number of hydrogen-bond acceptors (Lipinski definition) is 3. The molecule has 0 aromatic heterocycles. The van der Waals surface area contributed by atoms with Crippen molar-refractivity contribution in [3.05, 3.63) is 0 Å². The third-order valence-electron chi connectivity index (χ3n) is 1.13. The molecule has 2 N–H and O–H groups in total. The molecule has 82 valence electrons. The molecule has 0 aliphatic rings. The van der Waals surface area contributed by atoms with Crippen molar-refractivity contribution >= 4 is 11.5 Å². The zero-order chi connectivity index (χ0) is 11.6. The van der Waals surface area contributed by atoms with Crippen LogP contribution in [-0.4, -0.2) is 23.8 Å². The van der Waals surface area contributed by atoms with Crippen LogP contribution in [0.3, 0.4) is 0 Å². The third-order valence-corrected chi connectivity index (χ3v) is 1.13. The number of nitrogens with zero attached hydrogens (tertiary/aromatic N) is 1. The number of halogens is 6. The van der Waals surface area contributed by atoms with Gasteiger partial charge in [-0.05, 0) is 0 Å². The number of hydrogen-bond donors (Lipinski definition) is 1. The average Bonchev–Trinajstić information content (AvgIpc) is 1.95. The van der Waals surface area contributed by atoms with Gasteiger partial charge in [-0.25, -0.2) is 0 Å². The van der Waals surface area contributed by atoms with Crippen LogP contribution >= 0.6 is 0 Å². The summed E-state index contributed by atoms with van der Waals surface area (Å²) in [5.74, 6) is 1.66. The van der Waals surface area contributed by atoms with Gasteiger partial charge in [-0.15, -0.1) is 0 Å². The number of Topliss-reactive ketones (excluding diaryl/α,β-unsaturated/α-hetero) is 1.